The van der Waals surface area contributed by atoms with E-state index in [0.29, 0.717) is 18.8 Å². The summed E-state index contributed by atoms with van der Waals surface area (Å²) in [4.78, 5) is 20.2. The average Bonchev–Trinajstić information content (AvgIpc) is 2.69. The molecule has 0 aromatic carbocycles. The molecule has 6 heteroatoms. The van der Waals surface area contributed by atoms with Gasteiger partial charge in [-0.05, 0) is 18.9 Å². The molecule has 1 aromatic heterocycles. The molecule has 96 valence electrons. The van der Waals surface area contributed by atoms with Gasteiger partial charge in [0.1, 0.15) is 6.33 Å². The molecule has 0 saturated carbocycles. The Morgan fingerprint density at radius 1 is 1.50 bits per heavy atom. The number of carbonyl (C=O) groups excluding carboxylic acids is 1. The minimum atomic E-state index is -0.218. The molecule has 0 saturated heterocycles. The summed E-state index contributed by atoms with van der Waals surface area (Å²) in [7, 11) is 0. The molecule has 0 fully saturated rings. The van der Waals surface area contributed by atoms with Gasteiger partial charge in [0.2, 0.25) is 0 Å². The predicted molar refractivity (Wildman–Crippen MR) is 69.0 cm³/mol. The molecule has 0 spiro atoms. The molecule has 18 heavy (non-hydrogen) atoms. The molecule has 1 atom stereocenters. The van der Waals surface area contributed by atoms with Gasteiger partial charge in [-0.15, -0.1) is 0 Å². The molecule has 1 aliphatic heterocycles. The van der Waals surface area contributed by atoms with Crippen LogP contribution in [0.3, 0.4) is 0 Å². The van der Waals surface area contributed by atoms with Gasteiger partial charge < -0.3 is 5.73 Å². The van der Waals surface area contributed by atoms with E-state index in [1.54, 1.807) is 12.3 Å². The number of hydrogen-bond donors (Lipinski definition) is 1. The van der Waals surface area contributed by atoms with Crippen molar-refractivity contribution in [1.82, 2.24) is 9.97 Å². The normalized spacial score (nSPS) is 19.6. The van der Waals surface area contributed by atoms with Crippen LogP contribution in [0.1, 0.15) is 20.3 Å². The third-order valence-corrected chi connectivity index (χ3v) is 2.91. The molecule has 0 aliphatic carbocycles. The van der Waals surface area contributed by atoms with Gasteiger partial charge in [0, 0.05) is 12.3 Å². The second-order valence-electron chi connectivity index (χ2n) is 4.53. The van der Waals surface area contributed by atoms with Crippen molar-refractivity contribution in [1.29, 1.82) is 0 Å². The molecule has 2 heterocycles. The Morgan fingerprint density at radius 2 is 2.28 bits per heavy atom. The van der Waals surface area contributed by atoms with Gasteiger partial charge in [-0.25, -0.2) is 9.97 Å². The summed E-state index contributed by atoms with van der Waals surface area (Å²) in [5.41, 5.74) is 6.44. The van der Waals surface area contributed by atoms with Crippen LogP contribution in [0.5, 0.6) is 0 Å². The maximum Gasteiger partial charge on any atom is 0.257 e. The van der Waals surface area contributed by atoms with Crippen molar-refractivity contribution >= 4 is 17.4 Å². The number of amides is 1. The van der Waals surface area contributed by atoms with E-state index in [0.717, 1.165) is 5.71 Å². The van der Waals surface area contributed by atoms with E-state index >= 15 is 0 Å². The minimum absolute atomic E-state index is 0.0529. The first kappa shape index (κ1) is 12.6. The van der Waals surface area contributed by atoms with Crippen molar-refractivity contribution in [2.75, 3.05) is 11.6 Å². The fraction of sp³-hybridized carbons (Fsp3) is 0.500. The molecule has 6 nitrogen and oxygen atoms in total. The number of nitrogens with zero attached hydrogens (tertiary/aromatic N) is 4. The van der Waals surface area contributed by atoms with Crippen molar-refractivity contribution in [2.45, 2.75) is 20.3 Å². The van der Waals surface area contributed by atoms with Crippen LogP contribution in [-0.4, -0.2) is 28.1 Å². The first-order chi connectivity index (χ1) is 8.65. The summed E-state index contributed by atoms with van der Waals surface area (Å²) in [5.74, 6) is 0.456. The number of nitrogens with two attached hydrogens (primary N) is 1. The van der Waals surface area contributed by atoms with Crippen LogP contribution in [0.4, 0.5) is 5.82 Å². The quantitative estimate of drug-likeness (QED) is 0.852. The fourth-order valence-electron chi connectivity index (χ4n) is 2.04. The van der Waals surface area contributed by atoms with Gasteiger partial charge in [-0.1, -0.05) is 13.8 Å². The van der Waals surface area contributed by atoms with Crippen LogP contribution < -0.4 is 10.7 Å². The van der Waals surface area contributed by atoms with Gasteiger partial charge in [0.05, 0.1) is 11.6 Å². The van der Waals surface area contributed by atoms with Gasteiger partial charge in [-0.2, -0.15) is 10.1 Å². The molecule has 2 rings (SSSR count). The molecule has 1 aliphatic rings. The zero-order valence-corrected chi connectivity index (χ0v) is 10.6. The highest BCUT2D eigenvalue weighted by molar-refractivity contribution is 6.15. The monoisotopic (exact) mass is 247 g/mol. The number of hydrogen-bond acceptors (Lipinski definition) is 5. The van der Waals surface area contributed by atoms with Crippen LogP contribution >= 0.6 is 0 Å². The predicted octanol–water partition coefficient (Wildman–Crippen LogP) is 0.800. The van der Waals surface area contributed by atoms with E-state index < -0.39 is 0 Å². The third kappa shape index (κ3) is 2.24. The van der Waals surface area contributed by atoms with Crippen LogP contribution in [-0.2, 0) is 4.79 Å². The van der Waals surface area contributed by atoms with Crippen molar-refractivity contribution in [3.05, 3.63) is 18.6 Å². The van der Waals surface area contributed by atoms with Crippen molar-refractivity contribution in [3.8, 4) is 0 Å². The third-order valence-electron chi connectivity index (χ3n) is 2.91. The highest BCUT2D eigenvalue weighted by atomic mass is 16.2. The maximum atomic E-state index is 12.3. The number of anilines is 1. The van der Waals surface area contributed by atoms with Crippen molar-refractivity contribution < 1.29 is 4.79 Å². The summed E-state index contributed by atoms with van der Waals surface area (Å²) in [6.45, 7) is 4.53. The summed E-state index contributed by atoms with van der Waals surface area (Å²) >= 11 is 0. The van der Waals surface area contributed by atoms with E-state index in [1.165, 1.54) is 11.3 Å². The molecule has 0 bridgehead atoms. The molecule has 1 unspecified atom stereocenters. The highest BCUT2D eigenvalue weighted by Gasteiger charge is 2.37. The second-order valence-corrected chi connectivity index (χ2v) is 4.53. The molecule has 1 amide bonds. The summed E-state index contributed by atoms with van der Waals surface area (Å²) in [5, 5.41) is 5.75. The maximum absolute atomic E-state index is 12.3. The lowest BCUT2D eigenvalue weighted by atomic mass is 9.92. The Hall–Kier alpha value is -1.82. The Labute approximate surface area is 106 Å². The SMILES string of the molecule is CC(C)C1=NN(c2ccncn2)C(=O)C1CCN. The van der Waals surface area contributed by atoms with E-state index in [-0.39, 0.29) is 17.7 Å². The Balaban J connectivity index is 2.31. The van der Waals surface area contributed by atoms with Gasteiger partial charge >= 0.3 is 0 Å². The molecule has 1 aromatic rings. The van der Waals surface area contributed by atoms with E-state index in [9.17, 15) is 4.79 Å². The van der Waals surface area contributed by atoms with E-state index in [4.69, 9.17) is 5.73 Å². The minimum Gasteiger partial charge on any atom is -0.330 e. The Kier molecular flexibility index (Phi) is 3.66. The number of carbonyl (C=O) groups is 1. The highest BCUT2D eigenvalue weighted by Crippen LogP contribution is 2.26. The van der Waals surface area contributed by atoms with Crippen molar-refractivity contribution in [2.24, 2.45) is 22.7 Å². The molecule has 0 radical (unpaired) electrons. The lowest BCUT2D eigenvalue weighted by Crippen LogP contribution is -2.30. The van der Waals surface area contributed by atoms with Crippen molar-refractivity contribution in [3.63, 3.8) is 0 Å². The topological polar surface area (TPSA) is 84.5 Å². The summed E-state index contributed by atoms with van der Waals surface area (Å²) < 4.78 is 0. The number of hydrazone groups is 1. The van der Waals surface area contributed by atoms with E-state index in [2.05, 4.69) is 15.1 Å². The van der Waals surface area contributed by atoms with Crippen LogP contribution in [0.15, 0.2) is 23.7 Å². The lowest BCUT2D eigenvalue weighted by Gasteiger charge is -2.13. The first-order valence-electron chi connectivity index (χ1n) is 6.03. The molecular formula is C12H17N5O. The Bertz CT molecular complexity index is 457. The summed E-state index contributed by atoms with van der Waals surface area (Å²) in [6.07, 6.45) is 3.62. The van der Waals surface area contributed by atoms with Crippen LogP contribution in [0.2, 0.25) is 0 Å². The standard InChI is InChI=1S/C12H17N5O/c1-8(2)11-9(3-5-13)12(18)17(16-11)10-4-6-14-7-15-10/h4,6-9H,3,5,13H2,1-2H3. The fourth-order valence-corrected chi connectivity index (χ4v) is 2.04. The zero-order chi connectivity index (χ0) is 13.1. The average molecular weight is 247 g/mol. The lowest BCUT2D eigenvalue weighted by molar-refractivity contribution is -0.119. The van der Waals surface area contributed by atoms with Crippen LogP contribution in [0.25, 0.3) is 0 Å². The Morgan fingerprint density at radius 3 is 2.83 bits per heavy atom. The largest absolute Gasteiger partial charge is 0.330 e. The van der Waals surface area contributed by atoms with Crippen LogP contribution in [0, 0.1) is 11.8 Å². The zero-order valence-electron chi connectivity index (χ0n) is 10.6. The molecule has 2 N–H and O–H groups in total. The number of rotatable bonds is 4. The second kappa shape index (κ2) is 5.22. The summed E-state index contributed by atoms with van der Waals surface area (Å²) in [6, 6.07) is 1.67. The van der Waals surface area contributed by atoms with Gasteiger partial charge in [0.25, 0.3) is 5.91 Å². The smallest absolute Gasteiger partial charge is 0.257 e. The molecular weight excluding hydrogens is 230 g/mol. The van der Waals surface area contributed by atoms with Gasteiger partial charge in [-0.3, -0.25) is 4.79 Å². The van der Waals surface area contributed by atoms with Gasteiger partial charge in [0.15, 0.2) is 5.82 Å². The number of aromatic nitrogens is 2. The first-order valence-corrected chi connectivity index (χ1v) is 6.03. The van der Waals surface area contributed by atoms with E-state index in [1.807, 2.05) is 13.8 Å².